The summed E-state index contributed by atoms with van der Waals surface area (Å²) in [7, 11) is 0. The van der Waals surface area contributed by atoms with Gasteiger partial charge in [-0.2, -0.15) is 9.61 Å². The molecule has 0 aliphatic carbocycles. The minimum absolute atomic E-state index is 0.230. The van der Waals surface area contributed by atoms with E-state index in [-0.39, 0.29) is 5.91 Å². The molecule has 2 aromatic heterocycles. The third-order valence-electron chi connectivity index (χ3n) is 4.58. The molecule has 0 spiro atoms. The number of benzene rings is 1. The number of hydrogen-bond acceptors (Lipinski definition) is 5. The zero-order chi connectivity index (χ0) is 16.5. The van der Waals surface area contributed by atoms with Gasteiger partial charge in [0, 0.05) is 18.7 Å². The van der Waals surface area contributed by atoms with Gasteiger partial charge in [-0.15, -0.1) is 10.2 Å². The lowest BCUT2D eigenvalue weighted by Gasteiger charge is -2.30. The Morgan fingerprint density at radius 3 is 2.71 bits per heavy atom. The molecule has 6 nitrogen and oxygen atoms in total. The van der Waals surface area contributed by atoms with Crippen LogP contribution in [0.15, 0.2) is 30.6 Å². The van der Waals surface area contributed by atoms with Crippen molar-refractivity contribution < 1.29 is 4.79 Å². The van der Waals surface area contributed by atoms with Gasteiger partial charge < -0.3 is 4.90 Å². The maximum atomic E-state index is 12.4. The van der Waals surface area contributed by atoms with Gasteiger partial charge in [-0.3, -0.25) is 4.79 Å². The summed E-state index contributed by atoms with van der Waals surface area (Å²) in [6, 6.07) is 8.07. The maximum Gasteiger partial charge on any atom is 0.234 e. The lowest BCUT2D eigenvalue weighted by molar-refractivity contribution is -0.131. The van der Waals surface area contributed by atoms with Crippen LogP contribution in [0.1, 0.15) is 25.3 Å². The summed E-state index contributed by atoms with van der Waals surface area (Å²) in [5.41, 5.74) is 2.08. The van der Waals surface area contributed by atoms with Crippen molar-refractivity contribution in [3.63, 3.8) is 0 Å². The standard InChI is InChI=1S/C17H19N5OS/c1-12-6-8-21(9-7-12)15(23)10-13-2-4-14(5-3-13)16-20-22-11-18-19-17(22)24-16/h2-5,11-12H,6-10H2,1H3. The zero-order valence-electron chi connectivity index (χ0n) is 13.6. The molecule has 1 aromatic carbocycles. The molecule has 0 saturated carbocycles. The molecule has 0 bridgehead atoms. The van der Waals surface area contributed by atoms with Crippen molar-refractivity contribution in [1.82, 2.24) is 24.7 Å². The van der Waals surface area contributed by atoms with Crippen LogP contribution >= 0.6 is 11.3 Å². The first-order chi connectivity index (χ1) is 11.7. The predicted molar refractivity (Wildman–Crippen MR) is 92.8 cm³/mol. The summed E-state index contributed by atoms with van der Waals surface area (Å²) in [5, 5.41) is 13.2. The first-order valence-electron chi connectivity index (χ1n) is 8.23. The Hall–Kier alpha value is -2.28. The highest BCUT2D eigenvalue weighted by Gasteiger charge is 2.20. The van der Waals surface area contributed by atoms with Crippen LogP contribution in [0.2, 0.25) is 0 Å². The van der Waals surface area contributed by atoms with Gasteiger partial charge in [-0.25, -0.2) is 0 Å². The van der Waals surface area contributed by atoms with Gasteiger partial charge >= 0.3 is 0 Å². The van der Waals surface area contributed by atoms with E-state index < -0.39 is 0 Å². The second-order valence-corrected chi connectivity index (χ2v) is 7.36. The van der Waals surface area contributed by atoms with Gasteiger partial charge in [0.2, 0.25) is 10.9 Å². The monoisotopic (exact) mass is 341 g/mol. The molecule has 4 rings (SSSR count). The molecule has 0 atom stereocenters. The number of nitrogens with zero attached hydrogens (tertiary/aromatic N) is 5. The topological polar surface area (TPSA) is 63.4 Å². The van der Waals surface area contributed by atoms with Gasteiger partial charge in [0.25, 0.3) is 0 Å². The highest BCUT2D eigenvalue weighted by Crippen LogP contribution is 2.25. The lowest BCUT2D eigenvalue weighted by atomic mass is 9.98. The molecule has 1 aliphatic rings. The van der Waals surface area contributed by atoms with E-state index in [1.165, 1.54) is 11.3 Å². The SMILES string of the molecule is CC1CCN(C(=O)Cc2ccc(-c3nn4cnnc4s3)cc2)CC1. The van der Waals surface area contributed by atoms with Crippen molar-refractivity contribution in [3.8, 4) is 10.6 Å². The Kier molecular flexibility index (Phi) is 4.02. The number of amides is 1. The summed E-state index contributed by atoms with van der Waals surface area (Å²) < 4.78 is 1.68. The molecule has 7 heteroatoms. The molecule has 1 saturated heterocycles. The average Bonchev–Trinajstić information content (AvgIpc) is 3.18. The fourth-order valence-corrected chi connectivity index (χ4v) is 3.81. The van der Waals surface area contributed by atoms with E-state index in [0.29, 0.717) is 6.42 Å². The summed E-state index contributed by atoms with van der Waals surface area (Å²) >= 11 is 1.50. The van der Waals surface area contributed by atoms with E-state index in [9.17, 15) is 4.79 Å². The minimum atomic E-state index is 0.230. The van der Waals surface area contributed by atoms with E-state index in [1.54, 1.807) is 10.8 Å². The van der Waals surface area contributed by atoms with Crippen LogP contribution in [-0.4, -0.2) is 43.7 Å². The number of likely N-dealkylation sites (tertiary alicyclic amines) is 1. The van der Waals surface area contributed by atoms with Crippen LogP contribution in [0.5, 0.6) is 0 Å². The summed E-state index contributed by atoms with van der Waals surface area (Å²) in [5.74, 6) is 0.969. The molecule has 3 heterocycles. The smallest absolute Gasteiger partial charge is 0.234 e. The van der Waals surface area contributed by atoms with Crippen LogP contribution in [0, 0.1) is 5.92 Å². The normalized spacial score (nSPS) is 16.0. The largest absolute Gasteiger partial charge is 0.342 e. The molecule has 124 valence electrons. The van der Waals surface area contributed by atoms with Crippen LogP contribution in [-0.2, 0) is 11.2 Å². The molecule has 1 amide bonds. The first kappa shape index (κ1) is 15.3. The quantitative estimate of drug-likeness (QED) is 0.735. The Balaban J connectivity index is 1.43. The fraction of sp³-hybridized carbons (Fsp3) is 0.412. The van der Waals surface area contributed by atoms with Gasteiger partial charge in [0.05, 0.1) is 6.42 Å². The number of hydrogen-bond donors (Lipinski definition) is 0. The molecule has 3 aromatic rings. The molecular weight excluding hydrogens is 322 g/mol. The molecule has 0 unspecified atom stereocenters. The number of aromatic nitrogens is 4. The van der Waals surface area contributed by atoms with Crippen molar-refractivity contribution in [2.45, 2.75) is 26.2 Å². The van der Waals surface area contributed by atoms with E-state index >= 15 is 0 Å². The van der Waals surface area contributed by atoms with Crippen molar-refractivity contribution in [3.05, 3.63) is 36.2 Å². The predicted octanol–water partition coefficient (Wildman–Crippen LogP) is 2.65. The second kappa shape index (κ2) is 6.32. The molecule has 0 N–H and O–H groups in total. The molecule has 1 aliphatic heterocycles. The molecular formula is C17H19N5OS. The van der Waals surface area contributed by atoms with E-state index in [0.717, 1.165) is 52.9 Å². The van der Waals surface area contributed by atoms with Crippen molar-refractivity contribution >= 4 is 22.2 Å². The van der Waals surface area contributed by atoms with Gasteiger partial charge in [0.15, 0.2) is 0 Å². The highest BCUT2D eigenvalue weighted by molar-refractivity contribution is 7.19. The Labute approximate surface area is 144 Å². The summed E-state index contributed by atoms with van der Waals surface area (Å²) in [6.45, 7) is 4.04. The van der Waals surface area contributed by atoms with Crippen molar-refractivity contribution in [2.24, 2.45) is 5.92 Å². The molecule has 24 heavy (non-hydrogen) atoms. The minimum Gasteiger partial charge on any atom is -0.342 e. The second-order valence-electron chi connectivity index (χ2n) is 6.40. The van der Waals surface area contributed by atoms with Crippen LogP contribution in [0.3, 0.4) is 0 Å². The third-order valence-corrected chi connectivity index (χ3v) is 5.54. The molecule has 1 fully saturated rings. The van der Waals surface area contributed by atoms with E-state index in [2.05, 4.69) is 22.2 Å². The highest BCUT2D eigenvalue weighted by atomic mass is 32.1. The first-order valence-corrected chi connectivity index (χ1v) is 9.04. The number of piperidine rings is 1. The van der Waals surface area contributed by atoms with Gasteiger partial charge in [-0.05, 0) is 24.3 Å². The number of fused-ring (bicyclic) bond motifs is 1. The summed E-state index contributed by atoms with van der Waals surface area (Å²) in [4.78, 5) is 15.2. The average molecular weight is 341 g/mol. The fourth-order valence-electron chi connectivity index (χ4n) is 2.99. The number of carbonyl (C=O) groups excluding carboxylic acids is 1. The Morgan fingerprint density at radius 1 is 1.25 bits per heavy atom. The third kappa shape index (κ3) is 3.03. The van der Waals surface area contributed by atoms with Crippen LogP contribution in [0.25, 0.3) is 15.5 Å². The van der Waals surface area contributed by atoms with Crippen molar-refractivity contribution in [2.75, 3.05) is 13.1 Å². The Morgan fingerprint density at radius 2 is 2.00 bits per heavy atom. The number of carbonyl (C=O) groups is 1. The molecule has 0 radical (unpaired) electrons. The van der Waals surface area contributed by atoms with Crippen molar-refractivity contribution in [1.29, 1.82) is 0 Å². The van der Waals surface area contributed by atoms with E-state index in [4.69, 9.17) is 0 Å². The van der Waals surface area contributed by atoms with Gasteiger partial charge in [0.1, 0.15) is 11.3 Å². The zero-order valence-corrected chi connectivity index (χ0v) is 14.4. The van der Waals surface area contributed by atoms with Crippen LogP contribution in [0.4, 0.5) is 0 Å². The lowest BCUT2D eigenvalue weighted by Crippen LogP contribution is -2.38. The van der Waals surface area contributed by atoms with Gasteiger partial charge in [-0.1, -0.05) is 42.5 Å². The van der Waals surface area contributed by atoms with E-state index in [1.807, 2.05) is 29.2 Å². The summed E-state index contributed by atoms with van der Waals surface area (Å²) in [6.07, 6.45) is 4.30. The van der Waals surface area contributed by atoms with Crippen LogP contribution < -0.4 is 0 Å². The maximum absolute atomic E-state index is 12.4. The Bertz CT molecular complexity index is 817. The number of rotatable bonds is 3.